The molecule has 2 amide bonds. The van der Waals surface area contributed by atoms with E-state index in [-0.39, 0.29) is 22.7 Å². The Labute approximate surface area is 179 Å². The zero-order valence-electron chi connectivity index (χ0n) is 16.7. The van der Waals surface area contributed by atoms with E-state index in [1.807, 2.05) is 6.92 Å². The van der Waals surface area contributed by atoms with Gasteiger partial charge in [-0.15, -0.1) is 0 Å². The van der Waals surface area contributed by atoms with E-state index >= 15 is 0 Å². The SMILES string of the molecule is CCCN1C(=O)C(=O)c2cc(NC(=O)c3nc(-c4ccccc4)oc3C(F)(F)F)ccc21. The van der Waals surface area contributed by atoms with Crippen molar-refractivity contribution < 1.29 is 32.0 Å². The maximum Gasteiger partial charge on any atom is 0.452 e. The average Bonchev–Trinajstić information content (AvgIpc) is 3.32. The number of oxazole rings is 1. The number of nitrogens with one attached hydrogen (secondary N) is 1. The number of nitrogens with zero attached hydrogens (tertiary/aromatic N) is 2. The van der Waals surface area contributed by atoms with Crippen LogP contribution in [0, 0.1) is 0 Å². The van der Waals surface area contributed by atoms with Gasteiger partial charge in [-0.05, 0) is 36.8 Å². The van der Waals surface area contributed by atoms with Crippen LogP contribution in [0.15, 0.2) is 52.9 Å². The summed E-state index contributed by atoms with van der Waals surface area (Å²) in [5.74, 6) is -4.48. The molecule has 164 valence electrons. The van der Waals surface area contributed by atoms with Crippen molar-refractivity contribution in [3.05, 3.63) is 65.5 Å². The Morgan fingerprint density at radius 1 is 1.12 bits per heavy atom. The highest BCUT2D eigenvalue weighted by Crippen LogP contribution is 2.36. The molecule has 2 aromatic carbocycles. The Morgan fingerprint density at radius 3 is 2.50 bits per heavy atom. The maximum atomic E-state index is 13.5. The number of halogens is 3. The first-order chi connectivity index (χ1) is 15.2. The number of aromatic nitrogens is 1. The Morgan fingerprint density at radius 2 is 1.84 bits per heavy atom. The van der Waals surface area contributed by atoms with Crippen LogP contribution >= 0.6 is 0 Å². The van der Waals surface area contributed by atoms with Gasteiger partial charge in [0, 0.05) is 17.8 Å². The minimum absolute atomic E-state index is 0.0469. The third-order valence-corrected chi connectivity index (χ3v) is 4.80. The first-order valence-corrected chi connectivity index (χ1v) is 9.65. The number of hydrogen-bond donors (Lipinski definition) is 1. The molecule has 0 aliphatic carbocycles. The van der Waals surface area contributed by atoms with Crippen LogP contribution in [0.3, 0.4) is 0 Å². The quantitative estimate of drug-likeness (QED) is 0.584. The molecule has 0 saturated heterocycles. The van der Waals surface area contributed by atoms with E-state index < -0.39 is 35.2 Å². The maximum absolute atomic E-state index is 13.5. The molecule has 1 aliphatic rings. The second kappa shape index (κ2) is 7.95. The molecule has 0 unspecified atom stereocenters. The van der Waals surface area contributed by atoms with E-state index in [2.05, 4.69) is 10.3 Å². The number of ketones is 1. The number of hydrogen-bond acceptors (Lipinski definition) is 5. The normalized spacial score (nSPS) is 13.4. The van der Waals surface area contributed by atoms with E-state index in [1.165, 1.54) is 35.2 Å². The van der Waals surface area contributed by atoms with Crippen molar-refractivity contribution in [3.8, 4) is 11.5 Å². The minimum atomic E-state index is -4.95. The van der Waals surface area contributed by atoms with E-state index in [0.717, 1.165) is 0 Å². The van der Waals surface area contributed by atoms with Gasteiger partial charge in [0.2, 0.25) is 11.7 Å². The van der Waals surface area contributed by atoms with Crippen LogP contribution in [0.25, 0.3) is 11.5 Å². The molecule has 0 spiro atoms. The third kappa shape index (κ3) is 3.75. The van der Waals surface area contributed by atoms with Gasteiger partial charge in [-0.3, -0.25) is 14.4 Å². The number of anilines is 2. The highest BCUT2D eigenvalue weighted by Gasteiger charge is 2.42. The Hall–Kier alpha value is -3.95. The fraction of sp³-hybridized carbons (Fsp3) is 0.182. The van der Waals surface area contributed by atoms with Crippen LogP contribution in [0.2, 0.25) is 0 Å². The molecule has 0 fully saturated rings. The topological polar surface area (TPSA) is 92.5 Å². The summed E-state index contributed by atoms with van der Waals surface area (Å²) in [5, 5.41) is 2.30. The van der Waals surface area contributed by atoms with Gasteiger partial charge in [0.1, 0.15) is 0 Å². The second-order valence-corrected chi connectivity index (χ2v) is 7.03. The predicted molar refractivity (Wildman–Crippen MR) is 108 cm³/mol. The van der Waals surface area contributed by atoms with Crippen molar-refractivity contribution in [1.82, 2.24) is 4.98 Å². The number of benzene rings is 2. The smallest absolute Gasteiger partial charge is 0.431 e. The molecule has 4 rings (SSSR count). The Bertz CT molecular complexity index is 1220. The standard InChI is InChI=1S/C22H16F3N3O4/c1-2-10-28-15-9-8-13(11-14(15)17(29)21(28)31)26-19(30)16-18(22(23,24)25)32-20(27-16)12-6-4-3-5-7-12/h3-9,11H,2,10H2,1H3,(H,26,30). The molecule has 0 saturated carbocycles. The van der Waals surface area contributed by atoms with Gasteiger partial charge >= 0.3 is 6.18 Å². The first kappa shape index (κ1) is 21.3. The lowest BCUT2D eigenvalue weighted by Crippen LogP contribution is -2.30. The van der Waals surface area contributed by atoms with Crippen LogP contribution in [0.1, 0.15) is 40.0 Å². The fourth-order valence-corrected chi connectivity index (χ4v) is 3.38. The summed E-state index contributed by atoms with van der Waals surface area (Å²) in [6.07, 6.45) is -4.32. The molecule has 10 heteroatoms. The zero-order valence-corrected chi connectivity index (χ0v) is 16.7. The fourth-order valence-electron chi connectivity index (χ4n) is 3.38. The molecule has 3 aromatic rings. The Balaban J connectivity index is 1.66. The monoisotopic (exact) mass is 443 g/mol. The molecule has 1 aromatic heterocycles. The number of carbonyl (C=O) groups is 3. The molecule has 1 aliphatic heterocycles. The lowest BCUT2D eigenvalue weighted by molar-refractivity contribution is -0.153. The van der Waals surface area contributed by atoms with Crippen LogP contribution in [-0.4, -0.2) is 29.1 Å². The molecule has 1 N–H and O–H groups in total. The van der Waals surface area contributed by atoms with Crippen LogP contribution in [-0.2, 0) is 11.0 Å². The molecular weight excluding hydrogens is 427 g/mol. The number of fused-ring (bicyclic) bond motifs is 1. The van der Waals surface area contributed by atoms with Gasteiger partial charge < -0.3 is 14.6 Å². The number of Topliss-reactive ketones (excluding diaryl/α,β-unsaturated/α-hetero) is 1. The zero-order chi connectivity index (χ0) is 23.0. The van der Waals surface area contributed by atoms with Crippen molar-refractivity contribution in [2.75, 3.05) is 16.8 Å². The van der Waals surface area contributed by atoms with E-state index in [0.29, 0.717) is 18.7 Å². The van der Waals surface area contributed by atoms with Gasteiger partial charge in [-0.25, -0.2) is 4.98 Å². The van der Waals surface area contributed by atoms with E-state index in [4.69, 9.17) is 4.42 Å². The van der Waals surface area contributed by atoms with E-state index in [9.17, 15) is 27.6 Å². The summed E-state index contributed by atoms with van der Waals surface area (Å²) in [4.78, 5) is 42.1. The molecule has 0 bridgehead atoms. The summed E-state index contributed by atoms with van der Waals surface area (Å²) >= 11 is 0. The Kier molecular flexibility index (Phi) is 5.29. The van der Waals surface area contributed by atoms with Gasteiger partial charge in [0.05, 0.1) is 11.3 Å². The predicted octanol–water partition coefficient (Wildman–Crippen LogP) is 4.55. The third-order valence-electron chi connectivity index (χ3n) is 4.80. The summed E-state index contributed by atoms with van der Waals surface area (Å²) in [6.45, 7) is 2.20. The van der Waals surface area contributed by atoms with Crippen molar-refractivity contribution in [2.45, 2.75) is 19.5 Å². The number of amides is 2. The van der Waals surface area contributed by atoms with Gasteiger partial charge in [-0.2, -0.15) is 13.2 Å². The van der Waals surface area contributed by atoms with Crippen molar-refractivity contribution in [3.63, 3.8) is 0 Å². The van der Waals surface area contributed by atoms with Crippen molar-refractivity contribution in [2.24, 2.45) is 0 Å². The summed E-state index contributed by atoms with van der Waals surface area (Å²) < 4.78 is 45.3. The molecule has 32 heavy (non-hydrogen) atoms. The highest BCUT2D eigenvalue weighted by molar-refractivity contribution is 6.52. The van der Waals surface area contributed by atoms with Crippen molar-refractivity contribution >= 4 is 29.0 Å². The van der Waals surface area contributed by atoms with Gasteiger partial charge in [-0.1, -0.05) is 25.1 Å². The molecule has 0 atom stereocenters. The first-order valence-electron chi connectivity index (χ1n) is 9.65. The van der Waals surface area contributed by atoms with Gasteiger partial charge in [0.25, 0.3) is 17.6 Å². The highest BCUT2D eigenvalue weighted by atomic mass is 19.4. The molecular formula is C22H16F3N3O4. The summed E-state index contributed by atoms with van der Waals surface area (Å²) in [5.41, 5.74) is -0.154. The minimum Gasteiger partial charge on any atom is -0.431 e. The van der Waals surface area contributed by atoms with Crippen LogP contribution in [0.5, 0.6) is 0 Å². The van der Waals surface area contributed by atoms with Crippen LogP contribution < -0.4 is 10.2 Å². The second-order valence-electron chi connectivity index (χ2n) is 7.03. The lowest BCUT2D eigenvalue weighted by atomic mass is 10.1. The lowest BCUT2D eigenvalue weighted by Gasteiger charge is -2.15. The number of alkyl halides is 3. The molecule has 2 heterocycles. The summed E-state index contributed by atoms with van der Waals surface area (Å²) in [7, 11) is 0. The van der Waals surface area contributed by atoms with E-state index in [1.54, 1.807) is 18.2 Å². The van der Waals surface area contributed by atoms with Gasteiger partial charge in [0.15, 0.2) is 5.69 Å². The van der Waals surface area contributed by atoms with Crippen LogP contribution in [0.4, 0.5) is 24.5 Å². The number of carbonyl (C=O) groups excluding carboxylic acids is 3. The average molecular weight is 443 g/mol. The summed E-state index contributed by atoms with van der Waals surface area (Å²) in [6, 6.07) is 12.0. The number of rotatable bonds is 5. The molecule has 0 radical (unpaired) electrons. The molecule has 7 nitrogen and oxygen atoms in total. The van der Waals surface area contributed by atoms with Crippen molar-refractivity contribution in [1.29, 1.82) is 0 Å². The largest absolute Gasteiger partial charge is 0.452 e.